The number of hydrogen-bond acceptors (Lipinski definition) is 3. The number of rotatable bonds is 4. The van der Waals surface area contributed by atoms with E-state index in [1.165, 1.54) is 23.3 Å². The molecular weight excluding hydrogens is 338 g/mol. The van der Waals surface area contributed by atoms with Crippen LogP contribution < -0.4 is 14.9 Å². The molecular formula is C18H19N3O3S. The number of benzene rings is 2. The predicted octanol–water partition coefficient (Wildman–Crippen LogP) is 2.51. The number of nitrogens with zero attached hydrogens (tertiary/aromatic N) is 1. The van der Waals surface area contributed by atoms with Crippen LogP contribution in [0.15, 0.2) is 47.4 Å². The SMILES string of the molecule is O=C1NCCN1c1ccc(S(=O)(=O)Nc2ccc3c(c2)CCC3)cc1. The zero-order chi connectivity index (χ0) is 17.4. The fourth-order valence-electron chi connectivity index (χ4n) is 3.37. The number of carbonyl (C=O) groups excluding carboxylic acids is 1. The Morgan fingerprint density at radius 1 is 1.00 bits per heavy atom. The van der Waals surface area contributed by atoms with Crippen LogP contribution in [0.2, 0.25) is 0 Å². The molecule has 6 nitrogen and oxygen atoms in total. The van der Waals surface area contributed by atoms with Crippen molar-refractivity contribution in [1.29, 1.82) is 0 Å². The van der Waals surface area contributed by atoms with Crippen molar-refractivity contribution in [3.8, 4) is 0 Å². The molecule has 1 saturated heterocycles. The third kappa shape index (κ3) is 3.07. The van der Waals surface area contributed by atoms with E-state index < -0.39 is 10.0 Å². The molecule has 4 rings (SSSR count). The van der Waals surface area contributed by atoms with E-state index in [9.17, 15) is 13.2 Å². The number of carbonyl (C=O) groups is 1. The first-order valence-electron chi connectivity index (χ1n) is 8.33. The number of amides is 2. The van der Waals surface area contributed by atoms with Crippen LogP contribution in [0.5, 0.6) is 0 Å². The van der Waals surface area contributed by atoms with Crippen LogP contribution in [0.4, 0.5) is 16.2 Å². The lowest BCUT2D eigenvalue weighted by Gasteiger charge is -2.15. The van der Waals surface area contributed by atoms with Gasteiger partial charge >= 0.3 is 6.03 Å². The van der Waals surface area contributed by atoms with E-state index in [1.54, 1.807) is 17.0 Å². The number of aryl methyl sites for hydroxylation is 2. The Hall–Kier alpha value is -2.54. The summed E-state index contributed by atoms with van der Waals surface area (Å²) in [5, 5.41) is 2.72. The zero-order valence-electron chi connectivity index (χ0n) is 13.7. The van der Waals surface area contributed by atoms with Gasteiger partial charge in [0.25, 0.3) is 10.0 Å². The molecule has 2 amide bonds. The summed E-state index contributed by atoms with van der Waals surface area (Å²) in [6.07, 6.45) is 3.18. The van der Waals surface area contributed by atoms with Gasteiger partial charge in [-0.2, -0.15) is 0 Å². The molecule has 25 heavy (non-hydrogen) atoms. The first-order chi connectivity index (χ1) is 12.0. The van der Waals surface area contributed by atoms with Crippen molar-refractivity contribution < 1.29 is 13.2 Å². The summed E-state index contributed by atoms with van der Waals surface area (Å²) in [4.78, 5) is 13.4. The molecule has 0 unspecified atom stereocenters. The van der Waals surface area contributed by atoms with Crippen molar-refractivity contribution in [1.82, 2.24) is 5.32 Å². The minimum atomic E-state index is -3.65. The molecule has 130 valence electrons. The molecule has 0 aromatic heterocycles. The van der Waals surface area contributed by atoms with Gasteiger partial charge < -0.3 is 5.32 Å². The van der Waals surface area contributed by atoms with Crippen LogP contribution in [-0.2, 0) is 22.9 Å². The fourth-order valence-corrected chi connectivity index (χ4v) is 4.42. The van der Waals surface area contributed by atoms with Gasteiger partial charge in [0.1, 0.15) is 0 Å². The number of urea groups is 1. The lowest BCUT2D eigenvalue weighted by atomic mass is 10.1. The van der Waals surface area contributed by atoms with Crippen molar-refractivity contribution in [2.24, 2.45) is 0 Å². The smallest absolute Gasteiger partial charge is 0.321 e. The molecule has 0 radical (unpaired) electrons. The Labute approximate surface area is 146 Å². The van der Waals surface area contributed by atoms with Gasteiger partial charge in [0.2, 0.25) is 0 Å². The predicted molar refractivity (Wildman–Crippen MR) is 96.5 cm³/mol. The van der Waals surface area contributed by atoms with Gasteiger partial charge in [0, 0.05) is 24.5 Å². The highest BCUT2D eigenvalue weighted by molar-refractivity contribution is 7.92. The second-order valence-electron chi connectivity index (χ2n) is 6.32. The lowest BCUT2D eigenvalue weighted by molar-refractivity contribution is 0.252. The number of fused-ring (bicyclic) bond motifs is 1. The highest BCUT2D eigenvalue weighted by Gasteiger charge is 2.22. The molecule has 0 bridgehead atoms. The second kappa shape index (κ2) is 6.07. The van der Waals surface area contributed by atoms with Gasteiger partial charge in [-0.3, -0.25) is 9.62 Å². The maximum Gasteiger partial charge on any atom is 0.321 e. The minimum absolute atomic E-state index is 0.160. The van der Waals surface area contributed by atoms with Crippen molar-refractivity contribution in [2.45, 2.75) is 24.2 Å². The Balaban J connectivity index is 1.54. The number of anilines is 2. The molecule has 0 saturated carbocycles. The maximum atomic E-state index is 12.6. The molecule has 1 heterocycles. The van der Waals surface area contributed by atoms with E-state index in [0.717, 1.165) is 19.3 Å². The second-order valence-corrected chi connectivity index (χ2v) is 8.00. The molecule has 0 spiro atoms. The Bertz CT molecular complexity index is 923. The Morgan fingerprint density at radius 3 is 2.48 bits per heavy atom. The van der Waals surface area contributed by atoms with Crippen molar-refractivity contribution >= 4 is 27.4 Å². The summed E-state index contributed by atoms with van der Waals surface area (Å²) in [7, 11) is -3.65. The topological polar surface area (TPSA) is 78.5 Å². The van der Waals surface area contributed by atoms with Gasteiger partial charge in [-0.15, -0.1) is 0 Å². The minimum Gasteiger partial charge on any atom is -0.336 e. The summed E-state index contributed by atoms with van der Waals surface area (Å²) in [5.41, 5.74) is 3.79. The highest BCUT2D eigenvalue weighted by Crippen LogP contribution is 2.27. The van der Waals surface area contributed by atoms with Crippen LogP contribution in [0.1, 0.15) is 17.5 Å². The Morgan fingerprint density at radius 2 is 1.76 bits per heavy atom. The largest absolute Gasteiger partial charge is 0.336 e. The molecule has 0 atom stereocenters. The van der Waals surface area contributed by atoms with Crippen LogP contribution in [0.25, 0.3) is 0 Å². The molecule has 2 N–H and O–H groups in total. The molecule has 1 aliphatic heterocycles. The molecule has 2 aromatic carbocycles. The van der Waals surface area contributed by atoms with Crippen molar-refractivity contribution in [3.63, 3.8) is 0 Å². The van der Waals surface area contributed by atoms with Gasteiger partial charge in [-0.05, 0) is 66.8 Å². The average molecular weight is 357 g/mol. The highest BCUT2D eigenvalue weighted by atomic mass is 32.2. The van der Waals surface area contributed by atoms with E-state index in [1.807, 2.05) is 18.2 Å². The number of nitrogens with one attached hydrogen (secondary N) is 2. The fraction of sp³-hybridized carbons (Fsp3) is 0.278. The van der Waals surface area contributed by atoms with Crippen molar-refractivity contribution in [2.75, 3.05) is 22.7 Å². The third-order valence-electron chi connectivity index (χ3n) is 4.67. The quantitative estimate of drug-likeness (QED) is 0.882. The maximum absolute atomic E-state index is 12.6. The van der Waals surface area contributed by atoms with Crippen LogP contribution in [-0.4, -0.2) is 27.5 Å². The molecule has 2 aromatic rings. The molecule has 1 aliphatic carbocycles. The molecule has 2 aliphatic rings. The molecule has 7 heteroatoms. The van der Waals surface area contributed by atoms with E-state index in [-0.39, 0.29) is 10.9 Å². The molecule has 1 fully saturated rings. The first kappa shape index (κ1) is 16.0. The van der Waals surface area contributed by atoms with Crippen LogP contribution in [0.3, 0.4) is 0 Å². The van der Waals surface area contributed by atoms with E-state index in [2.05, 4.69) is 10.0 Å². The van der Waals surface area contributed by atoms with Crippen LogP contribution in [0, 0.1) is 0 Å². The summed E-state index contributed by atoms with van der Waals surface area (Å²) in [6, 6.07) is 11.9. The number of sulfonamides is 1. The van der Waals surface area contributed by atoms with Gasteiger partial charge in [0.05, 0.1) is 4.90 Å². The summed E-state index contributed by atoms with van der Waals surface area (Å²) in [6.45, 7) is 1.18. The number of hydrogen-bond donors (Lipinski definition) is 2. The lowest BCUT2D eigenvalue weighted by Crippen LogP contribution is -2.27. The Kier molecular flexibility index (Phi) is 3.88. The summed E-state index contributed by atoms with van der Waals surface area (Å²) in [5.74, 6) is 0. The van der Waals surface area contributed by atoms with Gasteiger partial charge in [-0.25, -0.2) is 13.2 Å². The van der Waals surface area contributed by atoms with Gasteiger partial charge in [0.15, 0.2) is 0 Å². The monoisotopic (exact) mass is 357 g/mol. The van der Waals surface area contributed by atoms with E-state index in [0.29, 0.717) is 24.5 Å². The standard InChI is InChI=1S/C18H19N3O3S/c22-18-19-10-11-21(18)16-6-8-17(9-7-16)25(23,24)20-15-5-4-13-2-1-3-14(13)12-15/h4-9,12,20H,1-3,10-11H2,(H,19,22). The summed E-state index contributed by atoms with van der Waals surface area (Å²) >= 11 is 0. The van der Waals surface area contributed by atoms with Crippen LogP contribution >= 0.6 is 0 Å². The first-order valence-corrected chi connectivity index (χ1v) is 9.81. The summed E-state index contributed by atoms with van der Waals surface area (Å²) < 4.78 is 27.8. The normalized spacial score (nSPS) is 16.6. The van der Waals surface area contributed by atoms with E-state index in [4.69, 9.17) is 0 Å². The van der Waals surface area contributed by atoms with Gasteiger partial charge in [-0.1, -0.05) is 6.07 Å². The zero-order valence-corrected chi connectivity index (χ0v) is 14.5. The average Bonchev–Trinajstić information content (AvgIpc) is 3.23. The third-order valence-corrected chi connectivity index (χ3v) is 6.06. The van der Waals surface area contributed by atoms with Crippen molar-refractivity contribution in [3.05, 3.63) is 53.6 Å². The van der Waals surface area contributed by atoms with E-state index >= 15 is 0 Å².